The number of likely N-dealkylation sites (N-methyl/N-ethyl adjacent to an activating group) is 1. The van der Waals surface area contributed by atoms with Crippen molar-refractivity contribution in [1.82, 2.24) is 0 Å². The molecule has 0 aromatic rings. The molecule has 0 saturated heterocycles. The first-order valence-electron chi connectivity index (χ1n) is 4.72. The fourth-order valence-electron chi connectivity index (χ4n) is 1.15. The highest BCUT2D eigenvalue weighted by atomic mass is 79.9. The van der Waals surface area contributed by atoms with E-state index in [-0.39, 0.29) is 17.0 Å². The molecule has 0 aliphatic carbocycles. The van der Waals surface area contributed by atoms with E-state index in [4.69, 9.17) is 0 Å². The highest BCUT2D eigenvalue weighted by Gasteiger charge is 2.16. The predicted molar refractivity (Wildman–Crippen MR) is 67.3 cm³/mol. The zero-order chi connectivity index (χ0) is 10.5. The van der Waals surface area contributed by atoms with Gasteiger partial charge in [-0.2, -0.15) is 0 Å². The predicted octanol–water partition coefficient (Wildman–Crippen LogP) is 0.888. The summed E-state index contributed by atoms with van der Waals surface area (Å²) in [5, 5.41) is 0. The van der Waals surface area contributed by atoms with Crippen molar-refractivity contribution in [3.05, 3.63) is 8.96 Å². The maximum absolute atomic E-state index is 3.59. The Balaban J connectivity index is 0. The quantitative estimate of drug-likeness (QED) is 0.608. The van der Waals surface area contributed by atoms with Crippen LogP contribution in [0.1, 0.15) is 26.7 Å². The van der Waals surface area contributed by atoms with Gasteiger partial charge in [-0.25, -0.2) is 0 Å². The zero-order valence-corrected chi connectivity index (χ0v) is 14.2. The summed E-state index contributed by atoms with van der Waals surface area (Å²) in [6.45, 7) is 6.62. The summed E-state index contributed by atoms with van der Waals surface area (Å²) in [4.78, 5) is 0. The number of nitrogens with zero attached hydrogens (tertiary/aromatic N) is 1. The monoisotopic (exact) mass is 391 g/mol. The first-order chi connectivity index (χ1) is 5.89. The fourth-order valence-corrected chi connectivity index (χ4v) is 1.95. The van der Waals surface area contributed by atoms with Gasteiger partial charge >= 0.3 is 0 Å². The highest BCUT2D eigenvalue weighted by Crippen LogP contribution is 2.20. The Bertz CT molecular complexity index is 184. The van der Waals surface area contributed by atoms with E-state index in [2.05, 4.69) is 59.8 Å². The second-order valence-electron chi connectivity index (χ2n) is 4.11. The lowest BCUT2D eigenvalue weighted by atomic mass is 10.3. The number of allylic oxidation sites excluding steroid dienone is 1. The van der Waals surface area contributed by atoms with Crippen LogP contribution in [0, 0.1) is 0 Å². The van der Waals surface area contributed by atoms with Crippen LogP contribution in [0.2, 0.25) is 0 Å². The maximum atomic E-state index is 3.59. The minimum atomic E-state index is 0. The number of halogens is 3. The van der Waals surface area contributed by atoms with Gasteiger partial charge in [0.25, 0.3) is 0 Å². The van der Waals surface area contributed by atoms with Crippen LogP contribution in [0.3, 0.4) is 0 Å². The molecule has 86 valence electrons. The molecule has 0 N–H and O–H groups in total. The lowest BCUT2D eigenvalue weighted by Crippen LogP contribution is -3.00. The molecule has 0 spiro atoms. The lowest BCUT2D eigenvalue weighted by molar-refractivity contribution is -0.885. The van der Waals surface area contributed by atoms with Crippen LogP contribution in [0.15, 0.2) is 8.96 Å². The fraction of sp³-hybridized carbons (Fsp3) is 0.800. The van der Waals surface area contributed by atoms with Crippen molar-refractivity contribution in [2.24, 2.45) is 0 Å². The molecular weight excluding hydrogens is 374 g/mol. The van der Waals surface area contributed by atoms with Crippen molar-refractivity contribution in [1.29, 1.82) is 0 Å². The van der Waals surface area contributed by atoms with Gasteiger partial charge in [0.05, 0.1) is 25.1 Å². The first-order valence-corrected chi connectivity index (χ1v) is 6.30. The van der Waals surface area contributed by atoms with Crippen LogP contribution in [0.4, 0.5) is 0 Å². The van der Waals surface area contributed by atoms with Crippen molar-refractivity contribution in [2.45, 2.75) is 26.7 Å². The smallest absolute Gasteiger partial charge is 0.111 e. The molecule has 0 atom stereocenters. The average Bonchev–Trinajstić information content (AvgIpc) is 2.00. The molecule has 0 fully saturated rings. The number of hydrogen-bond donors (Lipinski definition) is 0. The first kappa shape index (κ1) is 17.5. The molecule has 0 aromatic carbocycles. The average molecular weight is 394 g/mol. The van der Waals surface area contributed by atoms with Crippen molar-refractivity contribution in [3.8, 4) is 0 Å². The number of unbranched alkanes of at least 4 members (excludes halogenated alkanes) is 1. The van der Waals surface area contributed by atoms with E-state index in [0.29, 0.717) is 0 Å². The largest absolute Gasteiger partial charge is 1.00 e. The van der Waals surface area contributed by atoms with E-state index < -0.39 is 0 Å². The van der Waals surface area contributed by atoms with E-state index in [1.165, 1.54) is 28.4 Å². The Hall–Kier alpha value is 1.14. The molecule has 0 radical (unpaired) electrons. The molecule has 0 aliphatic heterocycles. The van der Waals surface area contributed by atoms with E-state index in [0.717, 1.165) is 11.0 Å². The molecule has 1 nitrogen and oxygen atoms in total. The molecule has 0 saturated carbocycles. The van der Waals surface area contributed by atoms with Gasteiger partial charge in [-0.1, -0.05) is 29.3 Å². The summed E-state index contributed by atoms with van der Waals surface area (Å²) >= 11 is 7.07. The Morgan fingerprint density at radius 2 is 1.71 bits per heavy atom. The SMILES string of the molecule is CCCC[N+](C)(C)C/C(Br)=C(/C)Br.[Br-]. The standard InChI is InChI=1S/C10H20Br2N.BrH/c1-5-6-7-13(3,4)8-10(12)9(2)11;/h5-8H2,1-4H3;1H/q+1;/p-1/b10-9+;. The molecule has 4 heteroatoms. The molecule has 0 aromatic heterocycles. The lowest BCUT2D eigenvalue weighted by Gasteiger charge is -2.29. The maximum Gasteiger partial charge on any atom is 0.111 e. The Morgan fingerprint density at radius 3 is 2.07 bits per heavy atom. The van der Waals surface area contributed by atoms with Crippen LogP contribution in [0.25, 0.3) is 0 Å². The second kappa shape index (κ2) is 8.31. The summed E-state index contributed by atoms with van der Waals surface area (Å²) in [6.07, 6.45) is 2.57. The zero-order valence-electron chi connectivity index (χ0n) is 9.41. The van der Waals surface area contributed by atoms with Crippen LogP contribution < -0.4 is 17.0 Å². The molecular formula is C10H20Br3N. The third kappa shape index (κ3) is 8.45. The molecule has 14 heavy (non-hydrogen) atoms. The Morgan fingerprint density at radius 1 is 1.21 bits per heavy atom. The van der Waals surface area contributed by atoms with Gasteiger partial charge in [-0.3, -0.25) is 0 Å². The number of quaternary nitrogens is 1. The Kier molecular flexibility index (Phi) is 10.4. The minimum Gasteiger partial charge on any atom is -1.00 e. The summed E-state index contributed by atoms with van der Waals surface area (Å²) in [5.41, 5.74) is 0. The molecule has 0 amide bonds. The van der Waals surface area contributed by atoms with Gasteiger partial charge in [-0.15, -0.1) is 0 Å². The van der Waals surface area contributed by atoms with Crippen molar-refractivity contribution < 1.29 is 21.5 Å². The van der Waals surface area contributed by atoms with Crippen molar-refractivity contribution in [3.63, 3.8) is 0 Å². The molecule has 0 rings (SSSR count). The van der Waals surface area contributed by atoms with E-state index >= 15 is 0 Å². The van der Waals surface area contributed by atoms with Gasteiger partial charge in [0.15, 0.2) is 0 Å². The third-order valence-corrected chi connectivity index (χ3v) is 3.91. The summed E-state index contributed by atoms with van der Waals surface area (Å²) in [5.74, 6) is 0. The molecule has 0 heterocycles. The van der Waals surface area contributed by atoms with Crippen LogP contribution in [-0.4, -0.2) is 31.7 Å². The van der Waals surface area contributed by atoms with Gasteiger partial charge < -0.3 is 21.5 Å². The van der Waals surface area contributed by atoms with E-state index in [1.807, 2.05) is 0 Å². The van der Waals surface area contributed by atoms with Gasteiger partial charge in [0, 0.05) is 4.48 Å². The molecule has 0 unspecified atom stereocenters. The van der Waals surface area contributed by atoms with E-state index in [1.54, 1.807) is 0 Å². The van der Waals surface area contributed by atoms with Crippen molar-refractivity contribution >= 4 is 31.9 Å². The normalized spacial score (nSPS) is 13.3. The van der Waals surface area contributed by atoms with Gasteiger partial charge in [0.2, 0.25) is 0 Å². The summed E-state index contributed by atoms with van der Waals surface area (Å²) < 4.78 is 3.53. The summed E-state index contributed by atoms with van der Waals surface area (Å²) in [7, 11) is 4.54. The minimum absolute atomic E-state index is 0. The van der Waals surface area contributed by atoms with Gasteiger partial charge in [0.1, 0.15) is 6.54 Å². The molecule has 0 bridgehead atoms. The van der Waals surface area contributed by atoms with Crippen LogP contribution in [0.5, 0.6) is 0 Å². The second-order valence-corrected chi connectivity index (χ2v) is 6.26. The topological polar surface area (TPSA) is 0 Å². The Labute approximate surface area is 116 Å². The van der Waals surface area contributed by atoms with Gasteiger partial charge in [-0.05, 0) is 29.3 Å². The number of rotatable bonds is 5. The van der Waals surface area contributed by atoms with Crippen LogP contribution in [-0.2, 0) is 0 Å². The van der Waals surface area contributed by atoms with Crippen molar-refractivity contribution in [2.75, 3.05) is 27.2 Å². The van der Waals surface area contributed by atoms with E-state index in [9.17, 15) is 0 Å². The highest BCUT2D eigenvalue weighted by molar-refractivity contribution is 9.14. The number of hydrogen-bond acceptors (Lipinski definition) is 0. The van der Waals surface area contributed by atoms with Crippen LogP contribution >= 0.6 is 31.9 Å². The molecule has 0 aliphatic rings. The third-order valence-electron chi connectivity index (χ3n) is 2.06. The summed E-state index contributed by atoms with van der Waals surface area (Å²) in [6, 6.07) is 0.